The van der Waals surface area contributed by atoms with Gasteiger partial charge < -0.3 is 24.4 Å². The molecular formula is C30H28ClN3NaO5-. The minimum atomic E-state index is -0.628. The van der Waals surface area contributed by atoms with Gasteiger partial charge in [0.2, 0.25) is 0 Å². The molecule has 0 unspecified atom stereocenters. The summed E-state index contributed by atoms with van der Waals surface area (Å²) in [7, 11) is 0. The number of nitrogens with one attached hydrogen (secondary N) is 1. The molecule has 0 bridgehead atoms. The number of halogens is 1. The first-order valence-electron chi connectivity index (χ1n) is 12.4. The van der Waals surface area contributed by atoms with E-state index in [2.05, 4.69) is 45.9 Å². The molecule has 4 aromatic rings. The van der Waals surface area contributed by atoms with Gasteiger partial charge in [-0.2, -0.15) is 0 Å². The molecule has 2 N–H and O–H groups in total. The Bertz CT molecular complexity index is 1440. The number of carbonyl (C=O) groups is 1. The summed E-state index contributed by atoms with van der Waals surface area (Å²) in [5.74, 6) is 0.441. The molecular weight excluding hydrogens is 541 g/mol. The maximum atomic E-state index is 12.7. The molecule has 1 fully saturated rings. The Hall–Kier alpha value is -3.14. The second-order valence-corrected chi connectivity index (χ2v) is 9.75. The van der Waals surface area contributed by atoms with Crippen LogP contribution in [0.3, 0.4) is 0 Å². The van der Waals surface area contributed by atoms with Crippen LogP contribution in [-0.2, 0) is 9.53 Å². The summed E-state index contributed by atoms with van der Waals surface area (Å²) in [4.78, 5) is 25.8. The predicted octanol–water partition coefficient (Wildman–Crippen LogP) is 4.04. The molecule has 40 heavy (non-hydrogen) atoms. The predicted molar refractivity (Wildman–Crippen MR) is 150 cm³/mol. The third kappa shape index (κ3) is 6.95. The van der Waals surface area contributed by atoms with Crippen LogP contribution in [0.1, 0.15) is 30.7 Å². The SMILES string of the molecule is Cc1noc(-c2ccc(-c3ccc(N4CC[C@H]([C-]=O)C4)cc3)cc2)c1NC(=O)O[C@H](C)c1ccccc1Cl.[Na+].[OH-]. The van der Waals surface area contributed by atoms with E-state index in [1.54, 1.807) is 19.9 Å². The molecule has 8 nitrogen and oxygen atoms in total. The van der Waals surface area contributed by atoms with Crippen LogP contribution in [0.2, 0.25) is 5.02 Å². The van der Waals surface area contributed by atoms with Crippen LogP contribution in [0.5, 0.6) is 0 Å². The molecule has 3 aromatic carbocycles. The molecule has 1 amide bonds. The average molecular weight is 569 g/mol. The molecule has 0 aliphatic carbocycles. The van der Waals surface area contributed by atoms with Crippen LogP contribution in [0.25, 0.3) is 22.5 Å². The molecule has 2 atom stereocenters. The van der Waals surface area contributed by atoms with Crippen LogP contribution >= 0.6 is 11.6 Å². The zero-order valence-electron chi connectivity index (χ0n) is 22.6. The van der Waals surface area contributed by atoms with Crippen molar-refractivity contribution in [2.24, 2.45) is 5.92 Å². The normalized spacial score (nSPS) is 15.0. The van der Waals surface area contributed by atoms with Gasteiger partial charge >= 0.3 is 35.7 Å². The number of hydrogen-bond donors (Lipinski definition) is 1. The monoisotopic (exact) mass is 568 g/mol. The molecule has 202 valence electrons. The van der Waals surface area contributed by atoms with Crippen molar-refractivity contribution in [1.29, 1.82) is 0 Å². The fraction of sp³-hybridized carbons (Fsp3) is 0.233. The van der Waals surface area contributed by atoms with E-state index >= 15 is 0 Å². The van der Waals surface area contributed by atoms with Gasteiger partial charge in [0.25, 0.3) is 0 Å². The van der Waals surface area contributed by atoms with Gasteiger partial charge in [-0.1, -0.05) is 77.8 Å². The van der Waals surface area contributed by atoms with E-state index in [0.29, 0.717) is 22.2 Å². The molecule has 5 rings (SSSR count). The van der Waals surface area contributed by atoms with Crippen LogP contribution in [0, 0.1) is 12.8 Å². The Morgan fingerprint density at radius 3 is 2.33 bits per heavy atom. The third-order valence-corrected chi connectivity index (χ3v) is 7.13. The topological polar surface area (TPSA) is 115 Å². The number of carbonyl (C=O) groups excluding carboxylic acids is 2. The number of benzene rings is 3. The van der Waals surface area contributed by atoms with Crippen molar-refractivity contribution in [3.8, 4) is 22.5 Å². The van der Waals surface area contributed by atoms with Gasteiger partial charge in [-0.15, -0.1) is 5.92 Å². The van der Waals surface area contributed by atoms with Gasteiger partial charge in [-0.05, 0) is 49.7 Å². The number of hydrogen-bond acceptors (Lipinski definition) is 7. The van der Waals surface area contributed by atoms with Gasteiger partial charge in [0, 0.05) is 28.4 Å². The van der Waals surface area contributed by atoms with Crippen molar-refractivity contribution in [3.05, 3.63) is 89.1 Å². The molecule has 1 aliphatic rings. The molecule has 1 aliphatic heterocycles. The fourth-order valence-corrected chi connectivity index (χ4v) is 4.93. The Morgan fingerprint density at radius 2 is 1.70 bits per heavy atom. The number of anilines is 2. The maximum absolute atomic E-state index is 12.7. The first-order chi connectivity index (χ1) is 18.4. The number of amides is 1. The standard InChI is InChI=1S/C30H27ClN3O4.Na.H2O/c1-19-28(32-30(36)37-20(2)26-5-3-4-6-27(26)31)29(38-33-19)24-9-7-22(8-10-24)23-11-13-25(14-12-23)34-16-15-21(17-34)18-35;;/h3-14,20-21H,15-17H2,1-2H3,(H,32,36);;1H2/q-1;+1;/p-1/t20-,21+;;/m1../s1. The Balaban J connectivity index is 0.00000220. The summed E-state index contributed by atoms with van der Waals surface area (Å²) in [6, 6.07) is 23.4. The first kappa shape index (κ1) is 31.4. The molecule has 1 saturated heterocycles. The van der Waals surface area contributed by atoms with E-state index in [9.17, 15) is 9.59 Å². The zero-order valence-corrected chi connectivity index (χ0v) is 25.3. The third-order valence-electron chi connectivity index (χ3n) is 6.78. The van der Waals surface area contributed by atoms with Crippen molar-refractivity contribution >= 4 is 35.4 Å². The number of rotatable bonds is 7. The summed E-state index contributed by atoms with van der Waals surface area (Å²) in [5, 5.41) is 7.35. The van der Waals surface area contributed by atoms with Gasteiger partial charge in [-0.25, -0.2) is 4.79 Å². The van der Waals surface area contributed by atoms with E-state index in [0.717, 1.165) is 47.5 Å². The minimum absolute atomic E-state index is 0. The van der Waals surface area contributed by atoms with Gasteiger partial charge in [-0.3, -0.25) is 11.6 Å². The van der Waals surface area contributed by atoms with Gasteiger partial charge in [0.1, 0.15) is 17.5 Å². The number of aryl methyl sites for hydroxylation is 1. The van der Waals surface area contributed by atoms with Crippen molar-refractivity contribution in [2.45, 2.75) is 26.4 Å². The van der Waals surface area contributed by atoms with E-state index in [-0.39, 0.29) is 41.0 Å². The number of ether oxygens (including phenoxy) is 1. The average Bonchev–Trinajstić information content (AvgIpc) is 3.56. The second kappa shape index (κ2) is 14.0. The Morgan fingerprint density at radius 1 is 1.07 bits per heavy atom. The smallest absolute Gasteiger partial charge is 0.870 e. The fourth-order valence-electron chi connectivity index (χ4n) is 4.64. The molecule has 10 heteroatoms. The Labute approximate surface area is 260 Å². The second-order valence-electron chi connectivity index (χ2n) is 9.34. The first-order valence-corrected chi connectivity index (χ1v) is 12.8. The summed E-state index contributed by atoms with van der Waals surface area (Å²) in [5.41, 5.74) is 5.70. The molecule has 0 radical (unpaired) electrons. The number of nitrogens with zero attached hydrogens (tertiary/aromatic N) is 2. The summed E-state index contributed by atoms with van der Waals surface area (Å²) in [6.07, 6.45) is 1.80. The van der Waals surface area contributed by atoms with E-state index in [1.165, 1.54) is 0 Å². The van der Waals surface area contributed by atoms with E-state index in [4.69, 9.17) is 20.9 Å². The van der Waals surface area contributed by atoms with Crippen molar-refractivity contribution < 1.29 is 53.9 Å². The maximum Gasteiger partial charge on any atom is 1.00 e. The van der Waals surface area contributed by atoms with Crippen molar-refractivity contribution in [3.63, 3.8) is 0 Å². The number of aromatic nitrogens is 1. The van der Waals surface area contributed by atoms with Crippen LogP contribution in [-0.4, -0.2) is 36.1 Å². The van der Waals surface area contributed by atoms with Gasteiger partial charge in [0.05, 0.1) is 0 Å². The van der Waals surface area contributed by atoms with Crippen LogP contribution in [0.15, 0.2) is 77.3 Å². The van der Waals surface area contributed by atoms with Crippen LogP contribution < -0.4 is 39.8 Å². The summed E-state index contributed by atoms with van der Waals surface area (Å²) in [6.45, 7) is 5.11. The van der Waals surface area contributed by atoms with Gasteiger partial charge in [0.15, 0.2) is 5.76 Å². The van der Waals surface area contributed by atoms with E-state index in [1.807, 2.05) is 42.5 Å². The molecule has 2 heterocycles. The Kier molecular flexibility index (Phi) is 11.0. The minimum Gasteiger partial charge on any atom is -0.870 e. The summed E-state index contributed by atoms with van der Waals surface area (Å²) < 4.78 is 11.1. The summed E-state index contributed by atoms with van der Waals surface area (Å²) >= 11 is 6.23. The zero-order chi connectivity index (χ0) is 26.6. The molecule has 0 saturated carbocycles. The largest absolute Gasteiger partial charge is 1.00 e. The van der Waals surface area contributed by atoms with Crippen molar-refractivity contribution in [2.75, 3.05) is 23.3 Å². The van der Waals surface area contributed by atoms with Crippen molar-refractivity contribution in [1.82, 2.24) is 5.16 Å². The van der Waals surface area contributed by atoms with E-state index < -0.39 is 12.2 Å². The quantitative estimate of drug-likeness (QED) is 0.264. The van der Waals surface area contributed by atoms with Crippen LogP contribution in [0.4, 0.5) is 16.2 Å². The molecule has 0 spiro atoms. The molecule has 1 aromatic heterocycles.